The Kier molecular flexibility index (Phi) is 6.93. The number of aromatic nitrogens is 2. The van der Waals surface area contributed by atoms with Crippen molar-refractivity contribution < 1.29 is 8.62 Å². The number of benzene rings is 1. The molecular weight excluding hydrogens is 325 g/mol. The SMILES string of the molecule is Cc1ccc(N(C)C)cc1.FSCCOc1ccc2nccn2c1. The van der Waals surface area contributed by atoms with E-state index >= 15 is 0 Å². The minimum Gasteiger partial charge on any atom is -0.491 e. The zero-order valence-electron chi connectivity index (χ0n) is 14.1. The van der Waals surface area contributed by atoms with Gasteiger partial charge in [0.05, 0.1) is 18.6 Å². The average molecular weight is 347 g/mol. The van der Waals surface area contributed by atoms with E-state index in [-0.39, 0.29) is 12.1 Å². The van der Waals surface area contributed by atoms with Crippen molar-refractivity contribution in [3.63, 3.8) is 0 Å². The first-order valence-corrected chi connectivity index (χ1v) is 8.52. The average Bonchev–Trinajstić information content (AvgIpc) is 3.04. The first kappa shape index (κ1) is 18.1. The largest absolute Gasteiger partial charge is 0.491 e. The normalized spacial score (nSPS) is 10.2. The lowest BCUT2D eigenvalue weighted by molar-refractivity contribution is 0.341. The molecule has 0 saturated carbocycles. The van der Waals surface area contributed by atoms with Crippen molar-refractivity contribution in [1.82, 2.24) is 9.38 Å². The Hall–Kier alpha value is -2.21. The lowest BCUT2D eigenvalue weighted by Gasteiger charge is -2.11. The van der Waals surface area contributed by atoms with E-state index in [1.54, 1.807) is 6.20 Å². The highest BCUT2D eigenvalue weighted by molar-refractivity contribution is 7.94. The summed E-state index contributed by atoms with van der Waals surface area (Å²) in [5.41, 5.74) is 3.44. The summed E-state index contributed by atoms with van der Waals surface area (Å²) in [6.45, 7) is 2.47. The molecule has 3 aromatic rings. The first-order valence-electron chi connectivity index (χ1n) is 7.63. The number of anilines is 1. The number of pyridine rings is 1. The van der Waals surface area contributed by atoms with Gasteiger partial charge < -0.3 is 14.0 Å². The molecule has 6 heteroatoms. The molecule has 0 saturated heterocycles. The summed E-state index contributed by atoms with van der Waals surface area (Å²) >= 11 is 0.282. The van der Waals surface area contributed by atoms with Crippen molar-refractivity contribution in [2.24, 2.45) is 0 Å². The summed E-state index contributed by atoms with van der Waals surface area (Å²) in [4.78, 5) is 6.20. The fourth-order valence-corrected chi connectivity index (χ4v) is 2.17. The third kappa shape index (κ3) is 5.45. The monoisotopic (exact) mass is 347 g/mol. The minimum atomic E-state index is 0.282. The first-order chi connectivity index (χ1) is 11.6. The summed E-state index contributed by atoms with van der Waals surface area (Å²) in [7, 11) is 4.09. The van der Waals surface area contributed by atoms with Gasteiger partial charge in [0.15, 0.2) is 0 Å². The van der Waals surface area contributed by atoms with Crippen LogP contribution in [-0.2, 0) is 0 Å². The van der Waals surface area contributed by atoms with Crippen molar-refractivity contribution in [2.45, 2.75) is 6.92 Å². The van der Waals surface area contributed by atoms with E-state index in [1.165, 1.54) is 11.3 Å². The molecule has 0 amide bonds. The summed E-state index contributed by atoms with van der Waals surface area (Å²) in [5.74, 6) is 1.08. The van der Waals surface area contributed by atoms with Crippen LogP contribution >= 0.6 is 12.1 Å². The lowest BCUT2D eigenvalue weighted by atomic mass is 10.2. The van der Waals surface area contributed by atoms with E-state index in [9.17, 15) is 3.89 Å². The van der Waals surface area contributed by atoms with Gasteiger partial charge in [0.25, 0.3) is 0 Å². The van der Waals surface area contributed by atoms with Gasteiger partial charge in [0, 0.05) is 44.3 Å². The van der Waals surface area contributed by atoms with Crippen molar-refractivity contribution in [2.75, 3.05) is 31.4 Å². The molecule has 2 aromatic heterocycles. The molecule has 128 valence electrons. The molecule has 4 nitrogen and oxygen atoms in total. The van der Waals surface area contributed by atoms with Gasteiger partial charge in [-0.2, -0.15) is 3.89 Å². The van der Waals surface area contributed by atoms with Crippen LogP contribution in [0.1, 0.15) is 5.56 Å². The van der Waals surface area contributed by atoms with Crippen LogP contribution in [0.25, 0.3) is 5.65 Å². The zero-order valence-corrected chi connectivity index (χ0v) is 15.0. The van der Waals surface area contributed by atoms with Crippen molar-refractivity contribution in [3.05, 3.63) is 60.6 Å². The molecule has 1 aromatic carbocycles. The predicted octanol–water partition coefficient (Wildman–Crippen LogP) is 4.39. The van der Waals surface area contributed by atoms with Crippen LogP contribution in [0.15, 0.2) is 55.0 Å². The molecular formula is C18H22FN3OS. The predicted molar refractivity (Wildman–Crippen MR) is 99.8 cm³/mol. The smallest absolute Gasteiger partial charge is 0.136 e. The van der Waals surface area contributed by atoms with Gasteiger partial charge in [-0.1, -0.05) is 17.7 Å². The van der Waals surface area contributed by atoms with E-state index in [0.29, 0.717) is 12.4 Å². The molecule has 0 atom stereocenters. The molecule has 24 heavy (non-hydrogen) atoms. The van der Waals surface area contributed by atoms with E-state index in [1.807, 2.05) is 43.0 Å². The molecule has 0 aliphatic heterocycles. The van der Waals surface area contributed by atoms with Crippen LogP contribution in [0.2, 0.25) is 0 Å². The number of imidazole rings is 1. The van der Waals surface area contributed by atoms with Crippen molar-refractivity contribution >= 4 is 23.5 Å². The number of hydrogen-bond acceptors (Lipinski definition) is 4. The molecule has 0 fully saturated rings. The number of hydrogen-bond donors (Lipinski definition) is 0. The molecule has 0 spiro atoms. The second kappa shape index (κ2) is 9.17. The van der Waals surface area contributed by atoms with Gasteiger partial charge in [0.1, 0.15) is 11.4 Å². The zero-order chi connectivity index (χ0) is 17.4. The molecule has 0 aliphatic carbocycles. The minimum absolute atomic E-state index is 0.282. The third-order valence-corrected chi connectivity index (χ3v) is 3.66. The third-order valence-electron chi connectivity index (χ3n) is 3.34. The molecule has 0 unspecified atom stereocenters. The number of halogens is 1. The maximum absolute atomic E-state index is 11.7. The number of rotatable bonds is 5. The fraction of sp³-hybridized carbons (Fsp3) is 0.278. The quantitative estimate of drug-likeness (QED) is 0.640. The Morgan fingerprint density at radius 2 is 1.92 bits per heavy atom. The Balaban J connectivity index is 0.000000185. The Bertz CT molecular complexity index is 743. The topological polar surface area (TPSA) is 29.8 Å². The van der Waals surface area contributed by atoms with Crippen LogP contribution in [0.3, 0.4) is 0 Å². The van der Waals surface area contributed by atoms with Gasteiger partial charge in [-0.15, -0.1) is 0 Å². The number of ether oxygens (including phenoxy) is 1. The number of fused-ring (bicyclic) bond motifs is 1. The highest BCUT2D eigenvalue weighted by Crippen LogP contribution is 2.13. The van der Waals surface area contributed by atoms with Crippen LogP contribution < -0.4 is 9.64 Å². The molecule has 0 N–H and O–H groups in total. The summed E-state index contributed by atoms with van der Waals surface area (Å²) in [6, 6.07) is 12.2. The molecule has 2 heterocycles. The highest BCUT2D eigenvalue weighted by atomic mass is 32.2. The molecule has 0 radical (unpaired) electrons. The van der Waals surface area contributed by atoms with Gasteiger partial charge in [0.2, 0.25) is 0 Å². The molecule has 0 aliphatic rings. The van der Waals surface area contributed by atoms with E-state index < -0.39 is 0 Å². The second-order valence-electron chi connectivity index (χ2n) is 5.45. The molecule has 0 bridgehead atoms. The van der Waals surface area contributed by atoms with Crippen LogP contribution in [0.4, 0.5) is 9.57 Å². The second-order valence-corrected chi connectivity index (χ2v) is 6.08. The van der Waals surface area contributed by atoms with E-state index in [4.69, 9.17) is 4.74 Å². The van der Waals surface area contributed by atoms with Gasteiger partial charge in [-0.3, -0.25) is 0 Å². The molecule has 3 rings (SSSR count). The number of aryl methyl sites for hydroxylation is 1. The van der Waals surface area contributed by atoms with E-state index in [0.717, 1.165) is 11.4 Å². The Morgan fingerprint density at radius 1 is 1.17 bits per heavy atom. The van der Waals surface area contributed by atoms with Crippen molar-refractivity contribution in [3.8, 4) is 5.75 Å². The summed E-state index contributed by atoms with van der Waals surface area (Å²) < 4.78 is 18.9. The van der Waals surface area contributed by atoms with Crippen LogP contribution in [-0.4, -0.2) is 35.8 Å². The summed E-state index contributed by atoms with van der Waals surface area (Å²) in [6.07, 6.45) is 5.38. The Labute approximate surface area is 146 Å². The number of nitrogens with zero attached hydrogens (tertiary/aromatic N) is 3. The van der Waals surface area contributed by atoms with Gasteiger partial charge >= 0.3 is 0 Å². The van der Waals surface area contributed by atoms with Gasteiger partial charge in [-0.05, 0) is 31.2 Å². The highest BCUT2D eigenvalue weighted by Gasteiger charge is 1.97. The van der Waals surface area contributed by atoms with Crippen molar-refractivity contribution in [1.29, 1.82) is 0 Å². The van der Waals surface area contributed by atoms with Crippen LogP contribution in [0.5, 0.6) is 5.75 Å². The maximum Gasteiger partial charge on any atom is 0.136 e. The standard InChI is InChI=1S/C9H9FN2OS.C9H13N/c10-14-6-5-13-8-1-2-9-11-3-4-12(9)7-8;1-8-4-6-9(7-5-8)10(2)3/h1-4,7H,5-6H2;4-7H,1-3H3. The van der Waals surface area contributed by atoms with Crippen LogP contribution in [0, 0.1) is 6.92 Å². The van der Waals surface area contributed by atoms with E-state index in [2.05, 4.69) is 41.1 Å². The maximum atomic E-state index is 11.7. The Morgan fingerprint density at radius 3 is 2.58 bits per heavy atom. The lowest BCUT2D eigenvalue weighted by Crippen LogP contribution is -2.07. The van der Waals surface area contributed by atoms with Gasteiger partial charge in [-0.25, -0.2) is 4.98 Å². The summed E-state index contributed by atoms with van der Waals surface area (Å²) in [5, 5.41) is 0. The fourth-order valence-electron chi connectivity index (χ4n) is 2.02.